The number of primary amides is 2. The normalized spacial score (nSPS) is 11.6. The van der Waals surface area contributed by atoms with Crippen molar-refractivity contribution in [3.8, 4) is 0 Å². The van der Waals surface area contributed by atoms with Gasteiger partial charge in [0, 0.05) is 19.3 Å². The molecule has 2 aromatic rings. The van der Waals surface area contributed by atoms with E-state index < -0.39 is 17.2 Å². The molecule has 6 heteroatoms. The maximum absolute atomic E-state index is 12.2. The molecule has 0 aliphatic heterocycles. The van der Waals surface area contributed by atoms with Crippen molar-refractivity contribution in [3.05, 3.63) is 47.3 Å². The van der Waals surface area contributed by atoms with Crippen LogP contribution in [-0.4, -0.2) is 11.8 Å². The van der Waals surface area contributed by atoms with Crippen LogP contribution < -0.4 is 11.5 Å². The average Bonchev–Trinajstić information content (AvgIpc) is 3.04. The second kappa shape index (κ2) is 6.73. The quantitative estimate of drug-likeness (QED) is 0.775. The van der Waals surface area contributed by atoms with E-state index in [0.29, 0.717) is 24.4 Å². The van der Waals surface area contributed by atoms with Gasteiger partial charge < -0.3 is 20.3 Å². The topological polar surface area (TPSA) is 112 Å². The van der Waals surface area contributed by atoms with Gasteiger partial charge in [-0.15, -0.1) is 0 Å². The van der Waals surface area contributed by atoms with Crippen LogP contribution in [0, 0.1) is 19.3 Å². The monoisotopic (exact) mass is 318 g/mol. The van der Waals surface area contributed by atoms with Gasteiger partial charge in [0.15, 0.2) is 0 Å². The molecule has 4 N–H and O–H groups in total. The van der Waals surface area contributed by atoms with Crippen molar-refractivity contribution in [2.45, 2.75) is 39.5 Å². The van der Waals surface area contributed by atoms with Crippen molar-refractivity contribution in [1.82, 2.24) is 0 Å². The Morgan fingerprint density at radius 2 is 1.43 bits per heavy atom. The molecule has 0 saturated heterocycles. The van der Waals surface area contributed by atoms with Crippen molar-refractivity contribution in [3.63, 3.8) is 0 Å². The molecule has 0 radical (unpaired) electrons. The molecule has 2 heterocycles. The molecule has 124 valence electrons. The van der Waals surface area contributed by atoms with Crippen molar-refractivity contribution in [1.29, 1.82) is 0 Å². The Labute approximate surface area is 134 Å². The third-order valence-corrected chi connectivity index (χ3v) is 3.99. The van der Waals surface area contributed by atoms with E-state index in [0.717, 1.165) is 11.5 Å². The van der Waals surface area contributed by atoms with Gasteiger partial charge >= 0.3 is 0 Å². The Morgan fingerprint density at radius 1 is 0.957 bits per heavy atom. The van der Waals surface area contributed by atoms with Gasteiger partial charge in [0.1, 0.15) is 23.0 Å². The fourth-order valence-electron chi connectivity index (χ4n) is 2.73. The summed E-state index contributed by atoms with van der Waals surface area (Å²) in [5, 5.41) is 0. The number of hydrogen-bond acceptors (Lipinski definition) is 4. The molecule has 6 nitrogen and oxygen atoms in total. The smallest absolute Gasteiger partial charge is 0.224 e. The predicted octanol–water partition coefficient (Wildman–Crippen LogP) is 2.01. The minimum atomic E-state index is -0.983. The number of furan rings is 2. The van der Waals surface area contributed by atoms with Crippen LogP contribution in [-0.2, 0) is 22.4 Å². The SMILES string of the molecule is Cc1ccc(CC(CCC(N)=O)(Cc2ccc(C)o2)C(N)=O)o1. The summed E-state index contributed by atoms with van der Waals surface area (Å²) in [6, 6.07) is 7.27. The van der Waals surface area contributed by atoms with Gasteiger partial charge in [-0.1, -0.05) is 0 Å². The predicted molar refractivity (Wildman–Crippen MR) is 84.4 cm³/mol. The molecule has 0 atom stereocenters. The Balaban J connectivity index is 2.32. The van der Waals surface area contributed by atoms with E-state index in [1.54, 1.807) is 0 Å². The van der Waals surface area contributed by atoms with Crippen LogP contribution in [0.15, 0.2) is 33.1 Å². The second-order valence-corrected chi connectivity index (χ2v) is 5.99. The van der Waals surface area contributed by atoms with Crippen LogP contribution in [0.2, 0.25) is 0 Å². The van der Waals surface area contributed by atoms with Gasteiger partial charge in [-0.25, -0.2) is 0 Å². The molecule has 0 aromatic carbocycles. The van der Waals surface area contributed by atoms with E-state index in [-0.39, 0.29) is 12.8 Å². The standard InChI is InChI=1S/C17H22N2O4/c1-11-3-5-13(22-11)9-17(16(19)21,8-7-15(18)20)10-14-6-4-12(2)23-14/h3-6H,7-10H2,1-2H3,(H2,18,20)(H2,19,21). The minimum Gasteiger partial charge on any atom is -0.466 e. The largest absolute Gasteiger partial charge is 0.466 e. The zero-order valence-electron chi connectivity index (χ0n) is 13.4. The number of carbonyl (C=O) groups excluding carboxylic acids is 2. The first-order valence-corrected chi connectivity index (χ1v) is 7.49. The Morgan fingerprint density at radius 3 is 1.74 bits per heavy atom. The zero-order valence-corrected chi connectivity index (χ0v) is 13.4. The summed E-state index contributed by atoms with van der Waals surface area (Å²) in [6.07, 6.45) is 0.909. The van der Waals surface area contributed by atoms with E-state index in [4.69, 9.17) is 20.3 Å². The fraction of sp³-hybridized carbons (Fsp3) is 0.412. The Kier molecular flexibility index (Phi) is 4.93. The molecular weight excluding hydrogens is 296 g/mol. The average molecular weight is 318 g/mol. The van der Waals surface area contributed by atoms with E-state index in [1.807, 2.05) is 38.1 Å². The molecule has 2 amide bonds. The first kappa shape index (κ1) is 16.9. The summed E-state index contributed by atoms with van der Waals surface area (Å²) in [6.45, 7) is 3.66. The first-order valence-electron chi connectivity index (χ1n) is 7.49. The van der Waals surface area contributed by atoms with Gasteiger partial charge in [0.05, 0.1) is 5.41 Å². The lowest BCUT2D eigenvalue weighted by Gasteiger charge is -2.28. The van der Waals surface area contributed by atoms with E-state index in [2.05, 4.69) is 0 Å². The molecule has 0 aliphatic carbocycles. The van der Waals surface area contributed by atoms with Gasteiger partial charge in [-0.3, -0.25) is 9.59 Å². The summed E-state index contributed by atoms with van der Waals surface area (Å²) in [5.74, 6) is 1.83. The minimum absolute atomic E-state index is 0.0717. The number of hydrogen-bond donors (Lipinski definition) is 2. The highest BCUT2D eigenvalue weighted by Crippen LogP contribution is 2.34. The Bertz CT molecular complexity index is 657. The number of rotatable bonds is 8. The highest BCUT2D eigenvalue weighted by molar-refractivity contribution is 5.82. The van der Waals surface area contributed by atoms with Crippen molar-refractivity contribution < 1.29 is 18.4 Å². The van der Waals surface area contributed by atoms with Crippen LogP contribution in [0.3, 0.4) is 0 Å². The Hall–Kier alpha value is -2.50. The number of aryl methyl sites for hydroxylation is 2. The highest BCUT2D eigenvalue weighted by atomic mass is 16.3. The highest BCUT2D eigenvalue weighted by Gasteiger charge is 2.39. The molecule has 0 aliphatic rings. The van der Waals surface area contributed by atoms with Crippen LogP contribution >= 0.6 is 0 Å². The van der Waals surface area contributed by atoms with Crippen LogP contribution in [0.4, 0.5) is 0 Å². The first-order chi connectivity index (χ1) is 10.8. The summed E-state index contributed by atoms with van der Waals surface area (Å²) < 4.78 is 11.2. The number of amides is 2. The number of carbonyl (C=O) groups is 2. The van der Waals surface area contributed by atoms with Crippen LogP contribution in [0.25, 0.3) is 0 Å². The number of nitrogens with two attached hydrogens (primary N) is 2. The van der Waals surface area contributed by atoms with Gasteiger partial charge in [-0.05, 0) is 44.5 Å². The lowest BCUT2D eigenvalue weighted by atomic mass is 9.75. The van der Waals surface area contributed by atoms with E-state index in [1.165, 1.54) is 0 Å². The third-order valence-electron chi connectivity index (χ3n) is 3.99. The van der Waals surface area contributed by atoms with Gasteiger partial charge in [0.2, 0.25) is 11.8 Å². The molecule has 0 saturated carbocycles. The molecule has 0 fully saturated rings. The summed E-state index contributed by atoms with van der Waals surface area (Å²) >= 11 is 0. The van der Waals surface area contributed by atoms with Crippen molar-refractivity contribution in [2.75, 3.05) is 0 Å². The summed E-state index contributed by atoms with van der Waals surface area (Å²) in [7, 11) is 0. The maximum Gasteiger partial charge on any atom is 0.224 e. The lowest BCUT2D eigenvalue weighted by molar-refractivity contribution is -0.129. The molecule has 2 aromatic heterocycles. The van der Waals surface area contributed by atoms with Gasteiger partial charge in [0.25, 0.3) is 0 Å². The van der Waals surface area contributed by atoms with E-state index in [9.17, 15) is 9.59 Å². The van der Waals surface area contributed by atoms with Crippen molar-refractivity contribution >= 4 is 11.8 Å². The van der Waals surface area contributed by atoms with Crippen molar-refractivity contribution in [2.24, 2.45) is 16.9 Å². The summed E-state index contributed by atoms with van der Waals surface area (Å²) in [4.78, 5) is 23.4. The molecule has 0 bridgehead atoms. The maximum atomic E-state index is 12.2. The van der Waals surface area contributed by atoms with E-state index >= 15 is 0 Å². The second-order valence-electron chi connectivity index (χ2n) is 5.99. The molecule has 2 rings (SSSR count). The molecule has 23 heavy (non-hydrogen) atoms. The van der Waals surface area contributed by atoms with Gasteiger partial charge in [-0.2, -0.15) is 0 Å². The molecule has 0 spiro atoms. The lowest BCUT2D eigenvalue weighted by Crippen LogP contribution is -2.41. The summed E-state index contributed by atoms with van der Waals surface area (Å²) in [5.41, 5.74) is 9.97. The molecule has 0 unspecified atom stereocenters. The zero-order chi connectivity index (χ0) is 17.0. The fourth-order valence-corrected chi connectivity index (χ4v) is 2.73. The van der Waals surface area contributed by atoms with Crippen LogP contribution in [0.5, 0.6) is 0 Å². The molecular formula is C17H22N2O4. The third kappa shape index (κ3) is 4.25. The van der Waals surface area contributed by atoms with Crippen LogP contribution in [0.1, 0.15) is 35.9 Å².